The highest BCUT2D eigenvalue weighted by atomic mass is 14.1. The molecule has 1 unspecified atom stereocenters. The van der Waals surface area contributed by atoms with Crippen LogP contribution in [0.1, 0.15) is 213 Å². The molecule has 0 rings (SSSR count). The molecule has 0 aromatic heterocycles. The molecule has 0 aromatic carbocycles. The third kappa shape index (κ3) is 28.2. The molecule has 0 aliphatic rings. The Balaban J connectivity index is 3.32. The Morgan fingerprint density at radius 1 is 0.235 bits per heavy atom. The van der Waals surface area contributed by atoms with Gasteiger partial charge in [-0.25, -0.2) is 0 Å². The summed E-state index contributed by atoms with van der Waals surface area (Å²) in [6.07, 6.45) is 44.3. The Hall–Kier alpha value is 0. The molecule has 0 bridgehead atoms. The fourth-order valence-corrected chi connectivity index (χ4v) is 5.74. The molecule has 0 fully saturated rings. The Kier molecular flexibility index (Phi) is 31.0. The summed E-state index contributed by atoms with van der Waals surface area (Å²) in [5.41, 5.74) is 0. The minimum absolute atomic E-state index is 1.03. The van der Waals surface area contributed by atoms with Crippen LogP contribution >= 0.6 is 0 Å². The highest BCUT2D eigenvalue weighted by Crippen LogP contribution is 2.23. The van der Waals surface area contributed by atoms with Gasteiger partial charge in [0.15, 0.2) is 0 Å². The zero-order chi connectivity index (χ0) is 24.8. The number of hydrogen-bond acceptors (Lipinski definition) is 0. The first-order chi connectivity index (χ1) is 16.8. The Morgan fingerprint density at radius 2 is 0.471 bits per heavy atom. The van der Waals surface area contributed by atoms with Crippen molar-refractivity contribution in [3.8, 4) is 0 Å². The van der Waals surface area contributed by atoms with E-state index in [0.29, 0.717) is 0 Å². The van der Waals surface area contributed by atoms with Crippen LogP contribution in [0, 0.1) is 5.92 Å². The van der Waals surface area contributed by atoms with Crippen LogP contribution in [0.4, 0.5) is 0 Å². The average Bonchev–Trinajstić information content (AvgIpc) is 2.84. The maximum atomic E-state index is 2.39. The Labute approximate surface area is 219 Å². The van der Waals surface area contributed by atoms with E-state index in [1.807, 2.05) is 0 Å². The smallest absolute Gasteiger partial charge is 0.0414 e. The van der Waals surface area contributed by atoms with Gasteiger partial charge in [-0.15, -0.1) is 0 Å². The topological polar surface area (TPSA) is 0 Å². The maximum Gasteiger partial charge on any atom is -0.0414 e. The SMILES string of the molecule is CCCCCCCCCCCCCCCCCCCCC(CCC)CCCCCCCCCC. The van der Waals surface area contributed by atoms with E-state index in [-0.39, 0.29) is 0 Å². The highest BCUT2D eigenvalue weighted by molar-refractivity contribution is 4.61. The van der Waals surface area contributed by atoms with Gasteiger partial charge in [0.25, 0.3) is 0 Å². The quantitative estimate of drug-likeness (QED) is 0.0900. The van der Waals surface area contributed by atoms with Crippen LogP contribution in [0.3, 0.4) is 0 Å². The van der Waals surface area contributed by atoms with Crippen LogP contribution in [0.25, 0.3) is 0 Å². The predicted molar refractivity (Wildman–Crippen MR) is 159 cm³/mol. The largest absolute Gasteiger partial charge is 0.0654 e. The van der Waals surface area contributed by atoms with Crippen molar-refractivity contribution in [1.29, 1.82) is 0 Å². The van der Waals surface area contributed by atoms with Gasteiger partial charge in [-0.2, -0.15) is 0 Å². The third-order valence-electron chi connectivity index (χ3n) is 8.13. The lowest BCUT2D eigenvalue weighted by molar-refractivity contribution is 0.377. The van der Waals surface area contributed by atoms with E-state index >= 15 is 0 Å². The molecule has 0 nitrogen and oxygen atoms in total. The van der Waals surface area contributed by atoms with E-state index in [4.69, 9.17) is 0 Å². The minimum atomic E-state index is 1.03. The molecule has 34 heavy (non-hydrogen) atoms. The summed E-state index contributed by atoms with van der Waals surface area (Å²) in [5.74, 6) is 1.03. The molecule has 0 heterocycles. The van der Waals surface area contributed by atoms with Gasteiger partial charge in [0.1, 0.15) is 0 Å². The van der Waals surface area contributed by atoms with Crippen LogP contribution in [-0.2, 0) is 0 Å². The van der Waals surface area contributed by atoms with Crippen molar-refractivity contribution in [1.82, 2.24) is 0 Å². The van der Waals surface area contributed by atoms with Crippen molar-refractivity contribution < 1.29 is 0 Å². The van der Waals surface area contributed by atoms with Crippen molar-refractivity contribution in [2.24, 2.45) is 5.92 Å². The van der Waals surface area contributed by atoms with Crippen molar-refractivity contribution >= 4 is 0 Å². The summed E-state index contributed by atoms with van der Waals surface area (Å²) in [6, 6.07) is 0. The molecule has 0 saturated heterocycles. The van der Waals surface area contributed by atoms with Gasteiger partial charge < -0.3 is 0 Å². The lowest BCUT2D eigenvalue weighted by atomic mass is 9.90. The predicted octanol–water partition coefficient (Wildman–Crippen LogP) is 13.4. The second-order valence-corrected chi connectivity index (χ2v) is 11.7. The summed E-state index contributed by atoms with van der Waals surface area (Å²) in [5, 5.41) is 0. The second-order valence-electron chi connectivity index (χ2n) is 11.7. The van der Waals surface area contributed by atoms with Gasteiger partial charge in [-0.3, -0.25) is 0 Å². The monoisotopic (exact) mass is 479 g/mol. The van der Waals surface area contributed by atoms with Gasteiger partial charge in [0.05, 0.1) is 0 Å². The molecule has 0 heteroatoms. The van der Waals surface area contributed by atoms with Crippen LogP contribution in [-0.4, -0.2) is 0 Å². The van der Waals surface area contributed by atoms with Crippen molar-refractivity contribution in [2.45, 2.75) is 213 Å². The van der Waals surface area contributed by atoms with E-state index in [2.05, 4.69) is 20.8 Å². The van der Waals surface area contributed by atoms with E-state index in [1.165, 1.54) is 193 Å². The fraction of sp³-hybridized carbons (Fsp3) is 1.00. The molecule has 1 atom stereocenters. The van der Waals surface area contributed by atoms with E-state index in [0.717, 1.165) is 5.92 Å². The van der Waals surface area contributed by atoms with Crippen LogP contribution in [0.15, 0.2) is 0 Å². The summed E-state index contributed by atoms with van der Waals surface area (Å²) in [6.45, 7) is 7.01. The summed E-state index contributed by atoms with van der Waals surface area (Å²) < 4.78 is 0. The van der Waals surface area contributed by atoms with Crippen molar-refractivity contribution in [3.05, 3.63) is 0 Å². The van der Waals surface area contributed by atoms with E-state index < -0.39 is 0 Å². The summed E-state index contributed by atoms with van der Waals surface area (Å²) in [7, 11) is 0. The lowest BCUT2D eigenvalue weighted by Crippen LogP contribution is -2.00. The number of rotatable bonds is 30. The first-order valence-electron chi connectivity index (χ1n) is 16.8. The normalized spacial score (nSPS) is 12.4. The molecule has 0 aliphatic heterocycles. The van der Waals surface area contributed by atoms with Gasteiger partial charge in [0.2, 0.25) is 0 Å². The Morgan fingerprint density at radius 3 is 0.706 bits per heavy atom. The summed E-state index contributed by atoms with van der Waals surface area (Å²) in [4.78, 5) is 0. The van der Waals surface area contributed by atoms with Gasteiger partial charge >= 0.3 is 0 Å². The van der Waals surface area contributed by atoms with Gasteiger partial charge in [-0.05, 0) is 5.92 Å². The minimum Gasteiger partial charge on any atom is -0.0654 e. The van der Waals surface area contributed by atoms with Crippen molar-refractivity contribution in [3.63, 3.8) is 0 Å². The molecule has 0 spiro atoms. The zero-order valence-electron chi connectivity index (χ0n) is 24.8. The number of hydrogen-bond donors (Lipinski definition) is 0. The molecular weight excluding hydrogens is 408 g/mol. The summed E-state index contributed by atoms with van der Waals surface area (Å²) >= 11 is 0. The first kappa shape index (κ1) is 34.0. The van der Waals surface area contributed by atoms with E-state index in [9.17, 15) is 0 Å². The molecule has 0 saturated carbocycles. The average molecular weight is 479 g/mol. The molecule has 0 aliphatic carbocycles. The van der Waals surface area contributed by atoms with Crippen molar-refractivity contribution in [2.75, 3.05) is 0 Å². The molecule has 206 valence electrons. The molecule has 0 radical (unpaired) electrons. The standard InChI is InChI=1S/C34H70/c1-4-7-9-11-13-15-16-17-18-19-20-21-22-23-24-26-28-30-33-34(31-6-3)32-29-27-25-14-12-10-8-5-2/h34H,4-33H2,1-3H3. The molecular formula is C34H70. The molecule has 0 aromatic rings. The lowest BCUT2D eigenvalue weighted by Gasteiger charge is -2.16. The van der Waals surface area contributed by atoms with E-state index in [1.54, 1.807) is 0 Å². The molecule has 0 N–H and O–H groups in total. The number of unbranched alkanes of at least 4 members (excludes halogenated alkanes) is 24. The Bertz CT molecular complexity index is 333. The molecule has 0 amide bonds. The van der Waals surface area contributed by atoms with Crippen LogP contribution in [0.2, 0.25) is 0 Å². The third-order valence-corrected chi connectivity index (χ3v) is 8.13. The zero-order valence-corrected chi connectivity index (χ0v) is 24.8. The first-order valence-corrected chi connectivity index (χ1v) is 16.8. The van der Waals surface area contributed by atoms with Gasteiger partial charge in [0, 0.05) is 0 Å². The van der Waals surface area contributed by atoms with Crippen LogP contribution < -0.4 is 0 Å². The maximum absolute atomic E-state index is 2.39. The van der Waals surface area contributed by atoms with Crippen LogP contribution in [0.5, 0.6) is 0 Å². The van der Waals surface area contributed by atoms with Gasteiger partial charge in [-0.1, -0.05) is 213 Å². The highest BCUT2D eigenvalue weighted by Gasteiger charge is 2.07. The fourth-order valence-electron chi connectivity index (χ4n) is 5.74. The second kappa shape index (κ2) is 31.0.